The first-order valence-corrected chi connectivity index (χ1v) is 27.2. The van der Waals surface area contributed by atoms with E-state index in [0.29, 0.717) is 19.3 Å². The minimum absolute atomic E-state index is 0.0473. The van der Waals surface area contributed by atoms with Gasteiger partial charge in [0.15, 0.2) is 0 Å². The Bertz CT molecular complexity index is 1190. The van der Waals surface area contributed by atoms with E-state index in [0.717, 1.165) is 70.6 Å². The number of hydrogen-bond acceptors (Lipinski definition) is 5. The van der Waals surface area contributed by atoms with Crippen molar-refractivity contribution >= 4 is 11.9 Å². The van der Waals surface area contributed by atoms with Gasteiger partial charge in [-0.15, -0.1) is 0 Å². The standard InChI is InChI=1S/C58H103NO5/c1-4-7-10-13-16-19-21-23-25-27-28-30-32-34-36-39-42-45-48-51-58(63)64-54(49-46-43-40-38-35-33-31-29-26-24-22-20-17-14-11-8-5-2)52-57(62)59-55(53-60)56(61)50-47-44-41-37-18-15-12-9-6-3/h8,11,17,20,24,26,31,33,38,40,46,49,54-56,60-61H,4-7,9-10,12-16,18-19,21-23,25,27-30,32,34-37,39,41-45,47-48,50-53H2,1-3H3,(H,59,62)/b11-8-,20-17-,26-24-,33-31-,40-38-,49-46-. The van der Waals surface area contributed by atoms with Crippen molar-refractivity contribution in [1.82, 2.24) is 5.32 Å². The smallest absolute Gasteiger partial charge is 0.306 e. The maximum atomic E-state index is 13.2. The quantitative estimate of drug-likeness (QED) is 0.0321. The molecule has 0 heterocycles. The van der Waals surface area contributed by atoms with Crippen LogP contribution in [-0.4, -0.2) is 46.9 Å². The summed E-state index contributed by atoms with van der Waals surface area (Å²) >= 11 is 0. The van der Waals surface area contributed by atoms with Crippen molar-refractivity contribution in [2.24, 2.45) is 0 Å². The largest absolute Gasteiger partial charge is 0.458 e. The van der Waals surface area contributed by atoms with Gasteiger partial charge in [-0.2, -0.15) is 0 Å². The molecule has 0 aromatic rings. The van der Waals surface area contributed by atoms with Gasteiger partial charge >= 0.3 is 5.97 Å². The minimum Gasteiger partial charge on any atom is -0.458 e. The Balaban J connectivity index is 4.67. The average Bonchev–Trinajstić information content (AvgIpc) is 3.29. The first-order chi connectivity index (χ1) is 31.5. The second-order valence-corrected chi connectivity index (χ2v) is 18.3. The summed E-state index contributed by atoms with van der Waals surface area (Å²) in [6.45, 7) is 6.33. The van der Waals surface area contributed by atoms with Gasteiger partial charge in [0.1, 0.15) is 6.10 Å². The van der Waals surface area contributed by atoms with Gasteiger partial charge in [0.05, 0.1) is 25.2 Å². The maximum Gasteiger partial charge on any atom is 0.306 e. The second-order valence-electron chi connectivity index (χ2n) is 18.3. The topological polar surface area (TPSA) is 95.9 Å². The molecule has 0 fully saturated rings. The molecule has 0 saturated heterocycles. The van der Waals surface area contributed by atoms with Crippen LogP contribution in [0.1, 0.15) is 258 Å². The third-order valence-corrected chi connectivity index (χ3v) is 12.0. The van der Waals surface area contributed by atoms with E-state index in [4.69, 9.17) is 4.74 Å². The molecule has 3 atom stereocenters. The fraction of sp³-hybridized carbons (Fsp3) is 0.759. The van der Waals surface area contributed by atoms with Crippen LogP contribution in [0.3, 0.4) is 0 Å². The summed E-state index contributed by atoms with van der Waals surface area (Å²) in [6.07, 6.45) is 65.8. The number of hydrogen-bond donors (Lipinski definition) is 3. The highest BCUT2D eigenvalue weighted by atomic mass is 16.5. The normalized spacial score (nSPS) is 13.8. The van der Waals surface area contributed by atoms with Crippen LogP contribution in [0, 0.1) is 0 Å². The molecule has 0 aliphatic rings. The molecule has 1 amide bonds. The van der Waals surface area contributed by atoms with Crippen LogP contribution in [0.5, 0.6) is 0 Å². The molecular formula is C58H103NO5. The second kappa shape index (κ2) is 51.3. The van der Waals surface area contributed by atoms with Crippen LogP contribution in [0.25, 0.3) is 0 Å². The van der Waals surface area contributed by atoms with E-state index < -0.39 is 18.2 Å². The van der Waals surface area contributed by atoms with E-state index in [1.165, 1.54) is 141 Å². The van der Waals surface area contributed by atoms with Crippen molar-refractivity contribution in [3.63, 3.8) is 0 Å². The Hall–Kier alpha value is -2.70. The summed E-state index contributed by atoms with van der Waals surface area (Å²) in [5.41, 5.74) is 0. The number of aliphatic hydroxyl groups excluding tert-OH is 2. The molecule has 0 aromatic carbocycles. The van der Waals surface area contributed by atoms with Crippen molar-refractivity contribution in [3.8, 4) is 0 Å². The number of carbonyl (C=O) groups is 2. The number of nitrogens with one attached hydrogen (secondary N) is 1. The summed E-state index contributed by atoms with van der Waals surface area (Å²) < 4.78 is 5.84. The first kappa shape index (κ1) is 61.3. The molecule has 0 bridgehead atoms. The number of carbonyl (C=O) groups excluding carboxylic acids is 2. The summed E-state index contributed by atoms with van der Waals surface area (Å²) in [5, 5.41) is 23.6. The van der Waals surface area contributed by atoms with E-state index in [2.05, 4.69) is 86.8 Å². The van der Waals surface area contributed by atoms with Gasteiger partial charge in [-0.3, -0.25) is 9.59 Å². The molecule has 6 heteroatoms. The third kappa shape index (κ3) is 45.9. The van der Waals surface area contributed by atoms with Crippen LogP contribution in [-0.2, 0) is 14.3 Å². The maximum absolute atomic E-state index is 13.2. The molecule has 370 valence electrons. The molecular weight excluding hydrogens is 791 g/mol. The molecule has 0 radical (unpaired) electrons. The molecule has 3 unspecified atom stereocenters. The number of aliphatic hydroxyl groups is 2. The number of amides is 1. The lowest BCUT2D eigenvalue weighted by molar-refractivity contribution is -0.148. The minimum atomic E-state index is -0.820. The number of allylic oxidation sites excluding steroid dienone is 11. The molecule has 0 spiro atoms. The van der Waals surface area contributed by atoms with Gasteiger partial charge < -0.3 is 20.3 Å². The zero-order valence-electron chi connectivity index (χ0n) is 42.1. The molecule has 0 aromatic heterocycles. The number of ether oxygens (including phenoxy) is 1. The zero-order valence-corrected chi connectivity index (χ0v) is 42.1. The Labute approximate surface area is 396 Å². The van der Waals surface area contributed by atoms with Gasteiger partial charge in [0, 0.05) is 6.42 Å². The Morgan fingerprint density at radius 1 is 0.469 bits per heavy atom. The number of unbranched alkanes of at least 4 members (excludes halogenated alkanes) is 26. The summed E-state index contributed by atoms with van der Waals surface area (Å²) in [5.74, 6) is -0.626. The van der Waals surface area contributed by atoms with Crippen LogP contribution in [0.4, 0.5) is 0 Å². The molecule has 6 nitrogen and oxygen atoms in total. The highest BCUT2D eigenvalue weighted by molar-refractivity contribution is 5.78. The van der Waals surface area contributed by atoms with Crippen molar-refractivity contribution in [1.29, 1.82) is 0 Å². The number of rotatable bonds is 48. The molecule has 0 aliphatic carbocycles. The van der Waals surface area contributed by atoms with Crippen molar-refractivity contribution < 1.29 is 24.5 Å². The van der Waals surface area contributed by atoms with E-state index in [1.807, 2.05) is 6.08 Å². The highest BCUT2D eigenvalue weighted by Gasteiger charge is 2.23. The molecule has 0 saturated carbocycles. The first-order valence-electron chi connectivity index (χ1n) is 27.2. The van der Waals surface area contributed by atoms with Gasteiger partial charge in [-0.05, 0) is 57.4 Å². The Kier molecular flexibility index (Phi) is 49.1. The van der Waals surface area contributed by atoms with Crippen LogP contribution in [0.2, 0.25) is 0 Å². The van der Waals surface area contributed by atoms with Crippen LogP contribution < -0.4 is 5.32 Å². The van der Waals surface area contributed by atoms with Crippen LogP contribution >= 0.6 is 0 Å². The predicted octanol–water partition coefficient (Wildman–Crippen LogP) is 16.6. The molecule has 0 aliphatic heterocycles. The Morgan fingerprint density at radius 2 is 0.812 bits per heavy atom. The van der Waals surface area contributed by atoms with Gasteiger partial charge in [-0.1, -0.05) is 261 Å². The average molecular weight is 894 g/mol. The molecule has 64 heavy (non-hydrogen) atoms. The monoisotopic (exact) mass is 894 g/mol. The lowest BCUT2D eigenvalue weighted by Gasteiger charge is -2.23. The summed E-state index contributed by atoms with van der Waals surface area (Å²) in [6, 6.07) is -0.743. The van der Waals surface area contributed by atoms with Gasteiger partial charge in [0.25, 0.3) is 0 Å². The molecule has 3 N–H and O–H groups in total. The fourth-order valence-electron chi connectivity index (χ4n) is 7.96. The predicted molar refractivity (Wildman–Crippen MR) is 278 cm³/mol. The van der Waals surface area contributed by atoms with Crippen molar-refractivity contribution in [2.75, 3.05) is 6.61 Å². The van der Waals surface area contributed by atoms with Gasteiger partial charge in [0.2, 0.25) is 5.91 Å². The lowest BCUT2D eigenvalue weighted by atomic mass is 10.0. The Morgan fingerprint density at radius 3 is 1.19 bits per heavy atom. The fourth-order valence-corrected chi connectivity index (χ4v) is 7.96. The van der Waals surface area contributed by atoms with E-state index >= 15 is 0 Å². The lowest BCUT2D eigenvalue weighted by Crippen LogP contribution is -2.46. The van der Waals surface area contributed by atoms with E-state index in [1.54, 1.807) is 6.08 Å². The summed E-state index contributed by atoms with van der Waals surface area (Å²) in [4.78, 5) is 26.1. The highest BCUT2D eigenvalue weighted by Crippen LogP contribution is 2.17. The summed E-state index contributed by atoms with van der Waals surface area (Å²) in [7, 11) is 0. The van der Waals surface area contributed by atoms with Crippen molar-refractivity contribution in [2.45, 2.75) is 277 Å². The van der Waals surface area contributed by atoms with Gasteiger partial charge in [-0.25, -0.2) is 0 Å². The third-order valence-electron chi connectivity index (χ3n) is 12.0. The zero-order chi connectivity index (χ0) is 46.7. The SMILES string of the molecule is CC/C=C\C/C=C\C/C=C\C/C=C\C/C=C\C/C=C\C(CC(=O)NC(CO)C(O)CCCCCCCCCCC)OC(=O)CCCCCCCCCCCCCCCCCCCCC. The molecule has 0 rings (SSSR count). The van der Waals surface area contributed by atoms with Crippen LogP contribution in [0.15, 0.2) is 72.9 Å². The number of esters is 1. The van der Waals surface area contributed by atoms with E-state index in [-0.39, 0.29) is 24.9 Å². The van der Waals surface area contributed by atoms with Crippen molar-refractivity contribution in [3.05, 3.63) is 72.9 Å². The van der Waals surface area contributed by atoms with E-state index in [9.17, 15) is 19.8 Å².